The van der Waals surface area contributed by atoms with Crippen LogP contribution >= 0.6 is 11.6 Å². The van der Waals surface area contributed by atoms with E-state index in [-0.39, 0.29) is 0 Å². The molecule has 1 heterocycles. The topological polar surface area (TPSA) is 68.2 Å². The summed E-state index contributed by atoms with van der Waals surface area (Å²) in [7, 11) is 1.44. The van der Waals surface area contributed by atoms with E-state index in [1.54, 1.807) is 0 Å². The Morgan fingerprint density at radius 3 is 3.06 bits per heavy atom. The van der Waals surface area contributed by atoms with E-state index in [9.17, 15) is 9.59 Å². The first-order valence-electron chi connectivity index (χ1n) is 4.99. The maximum absolute atomic E-state index is 11.5. The summed E-state index contributed by atoms with van der Waals surface area (Å²) in [5, 5.41) is 2.91. The van der Waals surface area contributed by atoms with Crippen LogP contribution in [0.25, 0.3) is 0 Å². The van der Waals surface area contributed by atoms with E-state index in [4.69, 9.17) is 16.3 Å². The molecular weight excluding hydrogens is 248 g/mol. The van der Waals surface area contributed by atoms with Crippen molar-refractivity contribution in [3.05, 3.63) is 11.6 Å². The van der Waals surface area contributed by atoms with Crippen LogP contribution in [0.3, 0.4) is 0 Å². The van der Waals surface area contributed by atoms with Crippen molar-refractivity contribution in [2.24, 2.45) is 5.16 Å². The highest BCUT2D eigenvalue weighted by Gasteiger charge is 2.19. The molecule has 1 rings (SSSR count). The molecule has 0 atom stereocenters. The van der Waals surface area contributed by atoms with Crippen LogP contribution in [0.15, 0.2) is 16.8 Å². The summed E-state index contributed by atoms with van der Waals surface area (Å²) in [5.41, 5.74) is 0.854. The number of rotatable bonds is 4. The van der Waals surface area contributed by atoms with Gasteiger partial charge in [-0.2, -0.15) is 0 Å². The molecule has 0 fully saturated rings. The Hall–Kier alpha value is -1.56. The Labute approximate surface area is 104 Å². The molecule has 0 N–H and O–H groups in total. The molecule has 1 aliphatic heterocycles. The van der Waals surface area contributed by atoms with E-state index in [0.29, 0.717) is 19.5 Å². The van der Waals surface area contributed by atoms with Gasteiger partial charge in [-0.25, -0.2) is 4.79 Å². The molecule has 0 saturated carbocycles. The summed E-state index contributed by atoms with van der Waals surface area (Å²) in [6.07, 6.45) is 3.63. The molecule has 17 heavy (non-hydrogen) atoms. The molecule has 0 bridgehead atoms. The molecule has 0 aromatic rings. The van der Waals surface area contributed by atoms with Gasteiger partial charge in [0.25, 0.3) is 5.24 Å². The van der Waals surface area contributed by atoms with Gasteiger partial charge in [0.15, 0.2) is 6.61 Å². The van der Waals surface area contributed by atoms with Crippen LogP contribution in [0.1, 0.15) is 6.42 Å². The van der Waals surface area contributed by atoms with Gasteiger partial charge >= 0.3 is 6.09 Å². The number of carbonyl (C=O) groups is 2. The lowest BCUT2D eigenvalue weighted by Crippen LogP contribution is -2.37. The first-order chi connectivity index (χ1) is 8.13. The van der Waals surface area contributed by atoms with Crippen molar-refractivity contribution in [3.8, 4) is 0 Å². The van der Waals surface area contributed by atoms with Crippen LogP contribution in [0.5, 0.6) is 0 Å². The first-order valence-corrected chi connectivity index (χ1v) is 5.37. The van der Waals surface area contributed by atoms with Crippen molar-refractivity contribution in [3.63, 3.8) is 0 Å². The van der Waals surface area contributed by atoms with Gasteiger partial charge in [0.05, 0.1) is 12.8 Å². The van der Waals surface area contributed by atoms with E-state index in [0.717, 1.165) is 5.57 Å². The van der Waals surface area contributed by atoms with Gasteiger partial charge in [0.2, 0.25) is 0 Å². The molecule has 0 aromatic carbocycles. The highest BCUT2D eigenvalue weighted by molar-refractivity contribution is 6.64. The largest absolute Gasteiger partial charge is 0.440 e. The van der Waals surface area contributed by atoms with Gasteiger partial charge in [-0.05, 0) is 23.6 Å². The van der Waals surface area contributed by atoms with Gasteiger partial charge in [0.1, 0.15) is 7.11 Å². The highest BCUT2D eigenvalue weighted by atomic mass is 35.5. The van der Waals surface area contributed by atoms with Crippen molar-refractivity contribution < 1.29 is 19.2 Å². The fourth-order valence-corrected chi connectivity index (χ4v) is 1.40. The zero-order valence-corrected chi connectivity index (χ0v) is 10.1. The lowest BCUT2D eigenvalue weighted by atomic mass is 10.1. The lowest BCUT2D eigenvalue weighted by molar-refractivity contribution is -0.114. The van der Waals surface area contributed by atoms with Crippen LogP contribution < -0.4 is 0 Å². The maximum atomic E-state index is 11.5. The number of nitrogens with zero attached hydrogens (tertiary/aromatic N) is 2. The van der Waals surface area contributed by atoms with E-state index >= 15 is 0 Å². The van der Waals surface area contributed by atoms with E-state index in [2.05, 4.69) is 9.99 Å². The number of carbonyl (C=O) groups excluding carboxylic acids is 2. The molecule has 0 radical (unpaired) electrons. The smallest absolute Gasteiger partial charge is 0.410 e. The predicted octanol–water partition coefficient (Wildman–Crippen LogP) is 1.15. The molecule has 1 aliphatic rings. The summed E-state index contributed by atoms with van der Waals surface area (Å²) in [4.78, 5) is 28.0. The number of hydrogen-bond acceptors (Lipinski definition) is 5. The highest BCUT2D eigenvalue weighted by Crippen LogP contribution is 2.09. The average molecular weight is 261 g/mol. The van der Waals surface area contributed by atoms with Crippen molar-refractivity contribution >= 4 is 29.2 Å². The summed E-state index contributed by atoms with van der Waals surface area (Å²) >= 11 is 5.07. The van der Waals surface area contributed by atoms with E-state index in [1.807, 2.05) is 6.08 Å². The minimum Gasteiger partial charge on any atom is -0.440 e. The lowest BCUT2D eigenvalue weighted by Gasteiger charge is -2.24. The molecule has 0 aromatic heterocycles. The zero-order valence-electron chi connectivity index (χ0n) is 9.39. The molecule has 1 amide bonds. The summed E-state index contributed by atoms with van der Waals surface area (Å²) < 4.78 is 4.70. The van der Waals surface area contributed by atoms with Gasteiger partial charge < -0.3 is 14.5 Å². The van der Waals surface area contributed by atoms with Crippen molar-refractivity contribution in [1.29, 1.82) is 0 Å². The maximum Gasteiger partial charge on any atom is 0.410 e. The molecule has 0 saturated heterocycles. The zero-order chi connectivity index (χ0) is 12.7. The predicted molar refractivity (Wildman–Crippen MR) is 62.0 cm³/mol. The molecule has 94 valence electrons. The summed E-state index contributed by atoms with van der Waals surface area (Å²) in [5.74, 6) is 0. The second-order valence-electron chi connectivity index (χ2n) is 3.32. The monoisotopic (exact) mass is 260 g/mol. The van der Waals surface area contributed by atoms with Crippen LogP contribution in [-0.2, 0) is 14.4 Å². The Kier molecular flexibility index (Phi) is 5.48. The normalized spacial score (nSPS) is 15.6. The third-order valence-electron chi connectivity index (χ3n) is 2.07. The Morgan fingerprint density at radius 1 is 1.65 bits per heavy atom. The average Bonchev–Trinajstić information content (AvgIpc) is 2.33. The standard InChI is InChI=1S/C10H13ClN2O4/c1-16-12-5-8-3-2-4-13(6-8)10(15)17-7-9(11)14/h3,5H,2,4,6-7H2,1H3. The second kappa shape index (κ2) is 6.90. The fraction of sp³-hybridized carbons (Fsp3) is 0.500. The number of oxime groups is 1. The molecular formula is C10H13ClN2O4. The minimum atomic E-state index is -0.702. The van der Waals surface area contributed by atoms with E-state index < -0.39 is 17.9 Å². The molecule has 0 spiro atoms. The summed E-state index contributed by atoms with van der Waals surface area (Å²) in [6.45, 7) is 0.504. The van der Waals surface area contributed by atoms with Gasteiger partial charge in [0, 0.05) is 6.54 Å². The van der Waals surface area contributed by atoms with E-state index in [1.165, 1.54) is 18.2 Å². The van der Waals surface area contributed by atoms with Crippen molar-refractivity contribution in [2.45, 2.75) is 6.42 Å². The molecule has 0 aliphatic carbocycles. The number of halogens is 1. The fourth-order valence-electron chi connectivity index (χ4n) is 1.35. The van der Waals surface area contributed by atoms with Crippen LogP contribution in [0.2, 0.25) is 0 Å². The number of ether oxygens (including phenoxy) is 1. The van der Waals surface area contributed by atoms with Gasteiger partial charge in [-0.3, -0.25) is 4.79 Å². The molecule has 0 unspecified atom stereocenters. The van der Waals surface area contributed by atoms with Gasteiger partial charge in [-0.1, -0.05) is 11.2 Å². The first kappa shape index (κ1) is 13.5. The number of hydrogen-bond donors (Lipinski definition) is 0. The van der Waals surface area contributed by atoms with Crippen LogP contribution in [0.4, 0.5) is 4.79 Å². The van der Waals surface area contributed by atoms with Crippen molar-refractivity contribution in [1.82, 2.24) is 4.90 Å². The molecule has 7 heteroatoms. The third kappa shape index (κ3) is 4.86. The van der Waals surface area contributed by atoms with Gasteiger partial charge in [-0.15, -0.1) is 0 Å². The van der Waals surface area contributed by atoms with Crippen molar-refractivity contribution in [2.75, 3.05) is 26.8 Å². The SMILES string of the molecule is CON=CC1=CCCN(C(=O)OCC(=O)Cl)C1. The van der Waals surface area contributed by atoms with Crippen LogP contribution in [0, 0.1) is 0 Å². The summed E-state index contributed by atoms with van der Waals surface area (Å²) in [6, 6.07) is 0. The molecule has 6 nitrogen and oxygen atoms in total. The quantitative estimate of drug-likeness (QED) is 0.432. The third-order valence-corrected chi connectivity index (χ3v) is 2.18. The Bertz CT molecular complexity index is 354. The Morgan fingerprint density at radius 2 is 2.41 bits per heavy atom. The Balaban J connectivity index is 2.46. The second-order valence-corrected chi connectivity index (χ2v) is 3.74. The van der Waals surface area contributed by atoms with Crippen LogP contribution in [-0.4, -0.2) is 49.3 Å². The number of amides is 1. The minimum absolute atomic E-state index is 0.377.